The summed E-state index contributed by atoms with van der Waals surface area (Å²) in [5, 5.41) is 4.40. The Morgan fingerprint density at radius 3 is 2.92 bits per heavy atom. The molecule has 0 saturated heterocycles. The van der Waals surface area contributed by atoms with Crippen molar-refractivity contribution < 1.29 is 0 Å². The first kappa shape index (κ1) is 8.01. The van der Waals surface area contributed by atoms with Crippen molar-refractivity contribution >= 4 is 16.5 Å². The van der Waals surface area contributed by atoms with E-state index in [4.69, 9.17) is 5.73 Å². The van der Waals surface area contributed by atoms with Crippen molar-refractivity contribution in [2.45, 2.75) is 32.4 Å². The van der Waals surface area contributed by atoms with Gasteiger partial charge in [-0.05, 0) is 19.8 Å². The van der Waals surface area contributed by atoms with Crippen molar-refractivity contribution in [1.82, 2.24) is 4.98 Å². The molecular formula is C8H13N3S. The Bertz CT molecular complexity index is 278. The average molecular weight is 183 g/mol. The number of nitrogens with one attached hydrogen (secondary N) is 1. The van der Waals surface area contributed by atoms with Crippen LogP contribution in [0.2, 0.25) is 0 Å². The zero-order valence-corrected chi connectivity index (χ0v) is 7.95. The number of nitrogens with zero attached hydrogens (tertiary/aromatic N) is 1. The molecule has 66 valence electrons. The molecule has 0 unspecified atom stereocenters. The summed E-state index contributed by atoms with van der Waals surface area (Å²) in [5.41, 5.74) is 6.63. The summed E-state index contributed by atoms with van der Waals surface area (Å²) in [4.78, 5) is 5.58. The van der Waals surface area contributed by atoms with Crippen LogP contribution in [-0.4, -0.2) is 11.0 Å². The van der Waals surface area contributed by atoms with Gasteiger partial charge in [-0.25, -0.2) is 4.98 Å². The van der Waals surface area contributed by atoms with Crippen LogP contribution in [0.4, 0.5) is 5.13 Å². The van der Waals surface area contributed by atoms with Crippen molar-refractivity contribution in [3.8, 4) is 0 Å². The third-order valence-corrected chi connectivity index (χ3v) is 3.09. The molecule has 2 rings (SSSR count). The first-order chi connectivity index (χ1) is 5.79. The molecule has 1 aromatic rings. The molecule has 1 fully saturated rings. The molecule has 1 heterocycles. The predicted molar refractivity (Wildman–Crippen MR) is 51.4 cm³/mol. The van der Waals surface area contributed by atoms with Crippen LogP contribution in [0.15, 0.2) is 0 Å². The first-order valence-corrected chi connectivity index (χ1v) is 5.04. The summed E-state index contributed by atoms with van der Waals surface area (Å²) >= 11 is 1.68. The van der Waals surface area contributed by atoms with E-state index in [2.05, 4.69) is 10.3 Å². The van der Waals surface area contributed by atoms with Crippen molar-refractivity contribution in [3.63, 3.8) is 0 Å². The lowest BCUT2D eigenvalue weighted by Gasteiger charge is -1.95. The maximum absolute atomic E-state index is 5.55. The van der Waals surface area contributed by atoms with Gasteiger partial charge in [-0.3, -0.25) is 0 Å². The molecule has 12 heavy (non-hydrogen) atoms. The Balaban J connectivity index is 2.10. The molecule has 0 radical (unpaired) electrons. The number of rotatable bonds is 3. The van der Waals surface area contributed by atoms with Crippen LogP contribution < -0.4 is 11.1 Å². The van der Waals surface area contributed by atoms with Crippen LogP contribution >= 0.6 is 11.3 Å². The van der Waals surface area contributed by atoms with Gasteiger partial charge in [0.05, 0.1) is 5.69 Å². The Kier molecular flexibility index (Phi) is 2.02. The van der Waals surface area contributed by atoms with Crippen LogP contribution in [-0.2, 0) is 6.54 Å². The SMILES string of the molecule is Cc1nc(NC2CC2)sc1CN. The van der Waals surface area contributed by atoms with Crippen LogP contribution in [0.1, 0.15) is 23.4 Å². The molecule has 0 amide bonds. The normalized spacial score (nSPS) is 16.5. The van der Waals surface area contributed by atoms with Gasteiger partial charge in [0.25, 0.3) is 0 Å². The van der Waals surface area contributed by atoms with E-state index in [0.29, 0.717) is 12.6 Å². The van der Waals surface area contributed by atoms with E-state index in [-0.39, 0.29) is 0 Å². The third-order valence-electron chi connectivity index (χ3n) is 1.98. The zero-order valence-electron chi connectivity index (χ0n) is 7.13. The number of aryl methyl sites for hydroxylation is 1. The largest absolute Gasteiger partial charge is 0.359 e. The highest BCUT2D eigenvalue weighted by Crippen LogP contribution is 2.28. The monoisotopic (exact) mass is 183 g/mol. The molecule has 4 heteroatoms. The Morgan fingerprint density at radius 1 is 1.67 bits per heavy atom. The van der Waals surface area contributed by atoms with E-state index in [1.807, 2.05) is 6.92 Å². The van der Waals surface area contributed by atoms with Crippen LogP contribution in [0.5, 0.6) is 0 Å². The van der Waals surface area contributed by atoms with E-state index in [1.54, 1.807) is 11.3 Å². The minimum absolute atomic E-state index is 0.607. The van der Waals surface area contributed by atoms with E-state index >= 15 is 0 Å². The quantitative estimate of drug-likeness (QED) is 0.746. The van der Waals surface area contributed by atoms with E-state index in [9.17, 15) is 0 Å². The molecule has 0 aliphatic heterocycles. The Hall–Kier alpha value is -0.610. The summed E-state index contributed by atoms with van der Waals surface area (Å²) in [6, 6.07) is 0.682. The van der Waals surface area contributed by atoms with Crippen LogP contribution in [0, 0.1) is 6.92 Å². The lowest BCUT2D eigenvalue weighted by Crippen LogP contribution is -1.99. The number of aromatic nitrogens is 1. The van der Waals surface area contributed by atoms with Gasteiger partial charge in [0.1, 0.15) is 0 Å². The van der Waals surface area contributed by atoms with Gasteiger partial charge >= 0.3 is 0 Å². The number of nitrogens with two attached hydrogens (primary N) is 1. The minimum atomic E-state index is 0.607. The molecule has 3 N–H and O–H groups in total. The maximum atomic E-state index is 5.55. The highest BCUT2D eigenvalue weighted by molar-refractivity contribution is 7.15. The first-order valence-electron chi connectivity index (χ1n) is 4.22. The van der Waals surface area contributed by atoms with Gasteiger partial charge in [-0.15, -0.1) is 11.3 Å². The van der Waals surface area contributed by atoms with E-state index in [0.717, 1.165) is 10.8 Å². The molecule has 0 spiro atoms. The van der Waals surface area contributed by atoms with Gasteiger partial charge in [0, 0.05) is 17.5 Å². The highest BCUT2D eigenvalue weighted by atomic mass is 32.1. The topological polar surface area (TPSA) is 50.9 Å². The van der Waals surface area contributed by atoms with Gasteiger partial charge in [0.15, 0.2) is 5.13 Å². The summed E-state index contributed by atoms with van der Waals surface area (Å²) in [6.07, 6.45) is 2.58. The molecule has 0 atom stereocenters. The fraction of sp³-hybridized carbons (Fsp3) is 0.625. The second-order valence-corrected chi connectivity index (χ2v) is 4.23. The molecule has 3 nitrogen and oxygen atoms in total. The molecule has 1 aliphatic rings. The molecule has 0 aromatic carbocycles. The number of anilines is 1. The highest BCUT2D eigenvalue weighted by Gasteiger charge is 2.22. The number of hydrogen-bond donors (Lipinski definition) is 2. The van der Waals surface area contributed by atoms with E-state index in [1.165, 1.54) is 17.7 Å². The Labute approximate surface area is 76.0 Å². The summed E-state index contributed by atoms with van der Waals surface area (Å²) in [6.45, 7) is 2.62. The average Bonchev–Trinajstić information content (AvgIpc) is 2.76. The molecule has 1 aromatic heterocycles. The van der Waals surface area contributed by atoms with Gasteiger partial charge in [0.2, 0.25) is 0 Å². The molecule has 1 aliphatic carbocycles. The second kappa shape index (κ2) is 3.03. The smallest absolute Gasteiger partial charge is 0.183 e. The van der Waals surface area contributed by atoms with Gasteiger partial charge < -0.3 is 11.1 Å². The lowest BCUT2D eigenvalue weighted by molar-refractivity contribution is 1.06. The standard InChI is InChI=1S/C8H13N3S/c1-5-7(4-9)12-8(10-5)11-6-2-3-6/h6H,2-4,9H2,1H3,(H,10,11). The molecule has 1 saturated carbocycles. The van der Waals surface area contributed by atoms with Crippen molar-refractivity contribution in [2.24, 2.45) is 5.73 Å². The fourth-order valence-corrected chi connectivity index (χ4v) is 2.00. The van der Waals surface area contributed by atoms with Crippen LogP contribution in [0.25, 0.3) is 0 Å². The summed E-state index contributed by atoms with van der Waals surface area (Å²) in [7, 11) is 0. The zero-order chi connectivity index (χ0) is 8.55. The third kappa shape index (κ3) is 1.59. The Morgan fingerprint density at radius 2 is 2.42 bits per heavy atom. The summed E-state index contributed by atoms with van der Waals surface area (Å²) in [5.74, 6) is 0. The minimum Gasteiger partial charge on any atom is -0.359 e. The second-order valence-electron chi connectivity index (χ2n) is 3.15. The van der Waals surface area contributed by atoms with Gasteiger partial charge in [-0.2, -0.15) is 0 Å². The van der Waals surface area contributed by atoms with Gasteiger partial charge in [-0.1, -0.05) is 0 Å². The van der Waals surface area contributed by atoms with E-state index < -0.39 is 0 Å². The maximum Gasteiger partial charge on any atom is 0.183 e. The van der Waals surface area contributed by atoms with Crippen LogP contribution in [0.3, 0.4) is 0 Å². The fourth-order valence-electron chi connectivity index (χ4n) is 1.08. The molecular weight excluding hydrogens is 170 g/mol. The molecule has 0 bridgehead atoms. The number of thiazole rings is 1. The van der Waals surface area contributed by atoms with Crippen molar-refractivity contribution in [2.75, 3.05) is 5.32 Å². The van der Waals surface area contributed by atoms with Crippen molar-refractivity contribution in [3.05, 3.63) is 10.6 Å². The van der Waals surface area contributed by atoms with Crippen molar-refractivity contribution in [1.29, 1.82) is 0 Å². The lowest BCUT2D eigenvalue weighted by atomic mass is 10.4. The predicted octanol–water partition coefficient (Wildman–Crippen LogP) is 1.48. The number of hydrogen-bond acceptors (Lipinski definition) is 4. The summed E-state index contributed by atoms with van der Waals surface area (Å²) < 4.78 is 0.